The molecule has 0 atom stereocenters. The summed E-state index contributed by atoms with van der Waals surface area (Å²) in [6, 6.07) is 20.4. The number of aliphatic carboxylic acids is 1. The van der Waals surface area contributed by atoms with E-state index in [4.69, 9.17) is 0 Å². The van der Waals surface area contributed by atoms with Crippen LogP contribution < -0.4 is 10.2 Å². The van der Waals surface area contributed by atoms with Crippen molar-refractivity contribution >= 4 is 34.5 Å². The fraction of sp³-hybridized carbons (Fsp3) is 0.176. The Labute approximate surface area is 246 Å². The van der Waals surface area contributed by atoms with Gasteiger partial charge in [0.2, 0.25) is 0 Å². The van der Waals surface area contributed by atoms with E-state index in [1.807, 2.05) is 19.9 Å². The molecule has 0 fully saturated rings. The molecule has 0 aliphatic carbocycles. The van der Waals surface area contributed by atoms with E-state index in [9.17, 15) is 33.0 Å². The highest BCUT2D eigenvalue weighted by Crippen LogP contribution is 2.45. The predicted molar refractivity (Wildman–Crippen MR) is 160 cm³/mol. The van der Waals surface area contributed by atoms with E-state index in [-0.39, 0.29) is 22.7 Å². The van der Waals surface area contributed by atoms with Crippen molar-refractivity contribution in [3.8, 4) is 16.9 Å². The molecular weight excluding hydrogens is 557 g/mol. The maximum atomic E-state index is 13.8. The quantitative estimate of drug-likeness (QED) is 0.157. The summed E-state index contributed by atoms with van der Waals surface area (Å²) in [6.45, 7) is 6.87. The molecule has 4 aromatic carbocycles. The molecule has 1 amide bonds. The number of anilines is 3. The Bertz CT molecular complexity index is 1790. The number of rotatable bonds is 6. The third-order valence-electron chi connectivity index (χ3n) is 7.59. The van der Waals surface area contributed by atoms with Gasteiger partial charge in [-0.25, -0.2) is 0 Å². The number of nitrogens with zero attached hydrogens (tertiary/aromatic N) is 1. The minimum atomic E-state index is -4.60. The molecule has 5 rings (SSSR count). The predicted octanol–water partition coefficient (Wildman–Crippen LogP) is 8.19. The zero-order valence-corrected chi connectivity index (χ0v) is 23.9. The number of carbonyl (C=O) groups excluding carboxylic acids is 1. The average Bonchev–Trinajstić information content (AvgIpc) is 3.21. The summed E-state index contributed by atoms with van der Waals surface area (Å²) in [5.41, 5.74) is 2.47. The second-order valence-electron chi connectivity index (χ2n) is 11.1. The van der Waals surface area contributed by atoms with E-state index in [0.29, 0.717) is 27.9 Å². The first-order valence-corrected chi connectivity index (χ1v) is 13.5. The van der Waals surface area contributed by atoms with Crippen LogP contribution in [0, 0.1) is 13.8 Å². The second kappa shape index (κ2) is 10.7. The van der Waals surface area contributed by atoms with Gasteiger partial charge in [0.05, 0.1) is 27.9 Å². The second-order valence-corrected chi connectivity index (χ2v) is 11.1. The van der Waals surface area contributed by atoms with E-state index in [1.165, 1.54) is 17.2 Å². The molecule has 43 heavy (non-hydrogen) atoms. The summed E-state index contributed by atoms with van der Waals surface area (Å²) < 4.78 is 40.9. The molecule has 0 aromatic heterocycles. The van der Waals surface area contributed by atoms with Gasteiger partial charge in [-0.15, -0.1) is 0 Å². The van der Waals surface area contributed by atoms with Crippen molar-refractivity contribution in [3.05, 3.63) is 113 Å². The number of phenolic OH excluding ortho intramolecular Hbond substituents is 1. The van der Waals surface area contributed by atoms with Crippen LogP contribution in [0.25, 0.3) is 16.7 Å². The fourth-order valence-corrected chi connectivity index (χ4v) is 5.18. The molecule has 6 nitrogen and oxygen atoms in total. The third-order valence-corrected chi connectivity index (χ3v) is 7.59. The Morgan fingerprint density at radius 2 is 1.53 bits per heavy atom. The number of hydrogen-bond donors (Lipinski definition) is 3. The smallest absolute Gasteiger partial charge is 0.416 e. The number of halogens is 3. The van der Waals surface area contributed by atoms with Crippen LogP contribution in [0.1, 0.15) is 41.7 Å². The highest BCUT2D eigenvalue weighted by atomic mass is 19.4. The first-order valence-electron chi connectivity index (χ1n) is 13.5. The maximum absolute atomic E-state index is 13.8. The lowest BCUT2D eigenvalue weighted by Crippen LogP contribution is -2.28. The first-order chi connectivity index (χ1) is 20.2. The molecule has 0 bridgehead atoms. The fourth-order valence-electron chi connectivity index (χ4n) is 5.18. The lowest BCUT2D eigenvalue weighted by Gasteiger charge is -2.20. The molecule has 220 valence electrons. The van der Waals surface area contributed by atoms with Crippen LogP contribution in [-0.4, -0.2) is 22.1 Å². The Morgan fingerprint density at radius 1 is 0.860 bits per heavy atom. The number of phenols is 1. The highest BCUT2D eigenvalue weighted by molar-refractivity contribution is 6.35. The SMILES string of the molecule is Cc1cc(C)cc(N2C(=O)/C(=C\Nc3cccc(-c4cccc(C(C)(C)C(=O)O)c4)c3O)c3ccc(C(F)(F)F)cc32)c1. The number of para-hydroxylation sites is 1. The molecule has 9 heteroatoms. The van der Waals surface area contributed by atoms with Crippen LogP contribution in [0.15, 0.2) is 85.1 Å². The number of nitrogens with one attached hydrogen (secondary N) is 1. The van der Waals surface area contributed by atoms with Crippen LogP contribution in [0.3, 0.4) is 0 Å². The zero-order chi connectivity index (χ0) is 31.3. The summed E-state index contributed by atoms with van der Waals surface area (Å²) in [5, 5.41) is 23.8. The molecule has 1 aliphatic heterocycles. The molecule has 0 spiro atoms. The van der Waals surface area contributed by atoms with Gasteiger partial charge in [0.15, 0.2) is 0 Å². The van der Waals surface area contributed by atoms with E-state index in [2.05, 4.69) is 5.32 Å². The number of hydrogen-bond acceptors (Lipinski definition) is 4. The van der Waals surface area contributed by atoms with Gasteiger partial charge in [0.25, 0.3) is 5.91 Å². The van der Waals surface area contributed by atoms with Crippen molar-refractivity contribution in [2.24, 2.45) is 0 Å². The van der Waals surface area contributed by atoms with Gasteiger partial charge in [-0.1, -0.05) is 42.5 Å². The van der Waals surface area contributed by atoms with Crippen LogP contribution in [-0.2, 0) is 21.2 Å². The van der Waals surface area contributed by atoms with Gasteiger partial charge < -0.3 is 15.5 Å². The third kappa shape index (κ3) is 5.46. The molecule has 4 aromatic rings. The monoisotopic (exact) mass is 586 g/mol. The van der Waals surface area contributed by atoms with E-state index in [0.717, 1.165) is 23.3 Å². The van der Waals surface area contributed by atoms with Crippen molar-refractivity contribution in [1.82, 2.24) is 0 Å². The van der Waals surface area contributed by atoms with Crippen molar-refractivity contribution in [1.29, 1.82) is 0 Å². The van der Waals surface area contributed by atoms with Crippen molar-refractivity contribution in [2.75, 3.05) is 10.2 Å². The van der Waals surface area contributed by atoms with E-state index >= 15 is 0 Å². The summed E-state index contributed by atoms with van der Waals surface area (Å²) in [7, 11) is 0. The van der Waals surface area contributed by atoms with Crippen molar-refractivity contribution in [2.45, 2.75) is 39.3 Å². The molecule has 3 N–H and O–H groups in total. The maximum Gasteiger partial charge on any atom is 0.416 e. The number of amides is 1. The van der Waals surface area contributed by atoms with E-state index in [1.54, 1.807) is 68.4 Å². The Hall–Kier alpha value is -5.05. The van der Waals surface area contributed by atoms with Crippen molar-refractivity contribution in [3.63, 3.8) is 0 Å². The summed E-state index contributed by atoms with van der Waals surface area (Å²) in [4.78, 5) is 26.8. The number of alkyl halides is 3. The van der Waals surface area contributed by atoms with Crippen LogP contribution in [0.4, 0.5) is 30.2 Å². The highest BCUT2D eigenvalue weighted by Gasteiger charge is 2.38. The van der Waals surface area contributed by atoms with Crippen LogP contribution in [0.5, 0.6) is 5.75 Å². The Morgan fingerprint density at radius 3 is 2.19 bits per heavy atom. The van der Waals surface area contributed by atoms with Crippen LogP contribution >= 0.6 is 0 Å². The molecule has 0 saturated carbocycles. The van der Waals surface area contributed by atoms with Gasteiger partial charge in [-0.05, 0) is 86.3 Å². The average molecular weight is 587 g/mol. The van der Waals surface area contributed by atoms with E-state index < -0.39 is 29.0 Å². The van der Waals surface area contributed by atoms with Crippen molar-refractivity contribution < 1.29 is 33.0 Å². The summed E-state index contributed by atoms with van der Waals surface area (Å²) >= 11 is 0. The number of carbonyl (C=O) groups is 2. The normalized spacial score (nSPS) is 14.3. The largest absolute Gasteiger partial charge is 0.505 e. The number of fused-ring (bicyclic) bond motifs is 1. The lowest BCUT2D eigenvalue weighted by molar-refractivity contribution is -0.142. The molecule has 0 saturated heterocycles. The van der Waals surface area contributed by atoms with Crippen LogP contribution in [0.2, 0.25) is 0 Å². The summed E-state index contributed by atoms with van der Waals surface area (Å²) in [5.74, 6) is -1.66. The number of carboxylic acids is 1. The topological polar surface area (TPSA) is 89.9 Å². The van der Waals surface area contributed by atoms with Gasteiger partial charge >= 0.3 is 12.1 Å². The van der Waals surface area contributed by atoms with Gasteiger partial charge in [-0.3, -0.25) is 14.5 Å². The molecule has 1 heterocycles. The van der Waals surface area contributed by atoms with Gasteiger partial charge in [-0.2, -0.15) is 13.2 Å². The minimum Gasteiger partial charge on any atom is -0.505 e. The summed E-state index contributed by atoms with van der Waals surface area (Å²) in [6.07, 6.45) is -3.22. The Balaban J connectivity index is 1.55. The molecule has 1 aliphatic rings. The van der Waals surface area contributed by atoms with Gasteiger partial charge in [0.1, 0.15) is 5.75 Å². The lowest BCUT2D eigenvalue weighted by atomic mass is 9.83. The molecule has 0 unspecified atom stereocenters. The number of benzene rings is 4. The minimum absolute atomic E-state index is 0.105. The standard InChI is InChI=1S/C34H29F3N2O4/c1-19-13-20(2)15-24(14-19)39-29-17-23(34(35,36)37)11-12-26(29)27(31(39)41)18-38-28-10-6-9-25(30(28)40)21-7-5-8-22(16-21)33(3,4)32(42)43/h5-18,38,40H,1-4H3,(H,42,43)/b27-18-. The number of aryl methyl sites for hydroxylation is 2. The zero-order valence-electron chi connectivity index (χ0n) is 23.9. The number of aromatic hydroxyl groups is 1. The first kappa shape index (κ1) is 29.4. The Kier molecular flexibility index (Phi) is 7.29. The van der Waals surface area contributed by atoms with Gasteiger partial charge in [0, 0.05) is 23.0 Å². The molecular formula is C34H29F3N2O4. The number of carboxylic acid groups (broad SMARTS) is 1. The molecule has 0 radical (unpaired) electrons.